The first-order valence-electron chi connectivity index (χ1n) is 4.58. The zero-order valence-electron chi connectivity index (χ0n) is 8.89. The number of methoxy groups -OCH3 is 1. The molecule has 0 saturated carbocycles. The van der Waals surface area contributed by atoms with Crippen molar-refractivity contribution in [1.29, 1.82) is 0 Å². The van der Waals surface area contributed by atoms with E-state index in [4.69, 9.17) is 4.74 Å². The molecular weight excluding hydrogens is 221 g/mol. The number of carbonyl (C=O) groups is 1. The van der Waals surface area contributed by atoms with E-state index >= 15 is 0 Å². The predicted octanol–water partition coefficient (Wildman–Crippen LogP) is 3.14. The average molecular weight is 232 g/mol. The molecule has 0 amide bonds. The molecule has 0 heterocycles. The van der Waals surface area contributed by atoms with Gasteiger partial charge < -0.3 is 4.74 Å². The lowest BCUT2D eigenvalue weighted by atomic mass is 10.0. The number of aryl methyl sites for hydroxylation is 1. The molecule has 0 aliphatic rings. The zero-order valence-corrected chi connectivity index (χ0v) is 8.89. The first kappa shape index (κ1) is 12.5. The molecule has 1 aromatic carbocycles. The van der Waals surface area contributed by atoms with Crippen molar-refractivity contribution in [1.82, 2.24) is 0 Å². The van der Waals surface area contributed by atoms with Crippen LogP contribution in [-0.2, 0) is 0 Å². The average Bonchev–Trinajstić information content (AvgIpc) is 2.14. The second-order valence-electron chi connectivity index (χ2n) is 3.40. The number of carbonyl (C=O) groups excluding carboxylic acids is 1. The highest BCUT2D eigenvalue weighted by Gasteiger charge is 2.32. The van der Waals surface area contributed by atoms with Gasteiger partial charge in [-0.05, 0) is 30.7 Å². The summed E-state index contributed by atoms with van der Waals surface area (Å²) >= 11 is 0. The molecule has 0 atom stereocenters. The Kier molecular flexibility index (Phi) is 3.57. The lowest BCUT2D eigenvalue weighted by Gasteiger charge is -2.09. The molecular formula is C11H11F3O2. The van der Waals surface area contributed by atoms with E-state index < -0.39 is 18.4 Å². The fourth-order valence-corrected chi connectivity index (χ4v) is 1.35. The Hall–Kier alpha value is -1.52. The third kappa shape index (κ3) is 3.25. The number of ether oxygens (including phenoxy) is 1. The number of alkyl halides is 3. The molecule has 16 heavy (non-hydrogen) atoms. The van der Waals surface area contributed by atoms with Crippen molar-refractivity contribution in [2.45, 2.75) is 19.5 Å². The number of hydrogen-bond acceptors (Lipinski definition) is 2. The molecule has 0 bridgehead atoms. The van der Waals surface area contributed by atoms with Gasteiger partial charge in [-0.15, -0.1) is 0 Å². The Labute approximate surface area is 91.0 Å². The Balaban J connectivity index is 2.93. The van der Waals surface area contributed by atoms with Crippen LogP contribution < -0.4 is 4.74 Å². The molecule has 88 valence electrons. The minimum atomic E-state index is -4.47. The van der Waals surface area contributed by atoms with E-state index in [-0.39, 0.29) is 5.56 Å². The van der Waals surface area contributed by atoms with Crippen molar-refractivity contribution in [2.24, 2.45) is 0 Å². The number of ketones is 1. The van der Waals surface area contributed by atoms with Gasteiger partial charge in [0.25, 0.3) is 0 Å². The molecule has 0 N–H and O–H groups in total. The largest absolute Gasteiger partial charge is 0.497 e. The van der Waals surface area contributed by atoms with Crippen LogP contribution >= 0.6 is 0 Å². The Morgan fingerprint density at radius 1 is 1.38 bits per heavy atom. The summed E-state index contributed by atoms with van der Waals surface area (Å²) in [5.74, 6) is -0.409. The van der Waals surface area contributed by atoms with Crippen molar-refractivity contribution in [2.75, 3.05) is 7.11 Å². The van der Waals surface area contributed by atoms with E-state index in [1.165, 1.54) is 25.3 Å². The maximum absolute atomic E-state index is 12.0. The number of Topliss-reactive ketones (excluding diaryl/α,β-unsaturated/α-hetero) is 1. The first-order valence-corrected chi connectivity index (χ1v) is 4.58. The molecule has 5 heteroatoms. The summed E-state index contributed by atoms with van der Waals surface area (Å²) in [5.41, 5.74) is 0.562. The highest BCUT2D eigenvalue weighted by Crippen LogP contribution is 2.24. The van der Waals surface area contributed by atoms with E-state index in [1.807, 2.05) is 0 Å². The molecule has 2 nitrogen and oxygen atoms in total. The maximum Gasteiger partial charge on any atom is 0.396 e. The fraction of sp³-hybridized carbons (Fsp3) is 0.364. The van der Waals surface area contributed by atoms with E-state index in [9.17, 15) is 18.0 Å². The van der Waals surface area contributed by atoms with Gasteiger partial charge in [-0.1, -0.05) is 0 Å². The quantitative estimate of drug-likeness (QED) is 0.748. The van der Waals surface area contributed by atoms with E-state index in [1.54, 1.807) is 6.92 Å². The number of benzene rings is 1. The number of hydrogen-bond donors (Lipinski definition) is 0. The van der Waals surface area contributed by atoms with Crippen LogP contribution in [0.2, 0.25) is 0 Å². The lowest BCUT2D eigenvalue weighted by molar-refractivity contribution is -0.125. The fourth-order valence-electron chi connectivity index (χ4n) is 1.35. The molecule has 0 aliphatic carbocycles. The van der Waals surface area contributed by atoms with Crippen molar-refractivity contribution >= 4 is 5.78 Å². The Bertz CT molecular complexity index is 397. The summed E-state index contributed by atoms with van der Waals surface area (Å²) in [6.07, 6.45) is -5.90. The molecule has 0 unspecified atom stereocenters. The Morgan fingerprint density at radius 3 is 2.44 bits per heavy atom. The molecule has 0 fully saturated rings. The van der Waals surface area contributed by atoms with Crippen LogP contribution in [0.25, 0.3) is 0 Å². The highest BCUT2D eigenvalue weighted by atomic mass is 19.4. The summed E-state index contributed by atoms with van der Waals surface area (Å²) in [7, 11) is 1.45. The number of rotatable bonds is 3. The normalized spacial score (nSPS) is 11.3. The van der Waals surface area contributed by atoms with Gasteiger partial charge in [0.15, 0.2) is 5.78 Å². The smallest absolute Gasteiger partial charge is 0.396 e. The van der Waals surface area contributed by atoms with Crippen LogP contribution in [0, 0.1) is 6.92 Å². The summed E-state index contributed by atoms with van der Waals surface area (Å²) in [6, 6.07) is 4.35. The molecule has 1 aromatic rings. The maximum atomic E-state index is 12.0. The molecule has 0 saturated heterocycles. The third-order valence-electron chi connectivity index (χ3n) is 2.09. The van der Waals surface area contributed by atoms with Gasteiger partial charge in [0.05, 0.1) is 7.11 Å². The van der Waals surface area contributed by atoms with E-state index in [2.05, 4.69) is 0 Å². The number of halogens is 3. The Morgan fingerprint density at radius 2 is 2.00 bits per heavy atom. The van der Waals surface area contributed by atoms with Gasteiger partial charge in [-0.25, -0.2) is 0 Å². The minimum absolute atomic E-state index is 0.0816. The predicted molar refractivity (Wildman–Crippen MR) is 52.7 cm³/mol. The monoisotopic (exact) mass is 232 g/mol. The van der Waals surface area contributed by atoms with Crippen LogP contribution in [0.3, 0.4) is 0 Å². The zero-order chi connectivity index (χ0) is 12.3. The topological polar surface area (TPSA) is 26.3 Å². The van der Waals surface area contributed by atoms with Crippen LogP contribution in [0.5, 0.6) is 5.75 Å². The summed E-state index contributed by atoms with van der Waals surface area (Å²) in [4.78, 5) is 11.3. The second kappa shape index (κ2) is 4.55. The lowest BCUT2D eigenvalue weighted by Crippen LogP contribution is -2.15. The summed E-state index contributed by atoms with van der Waals surface area (Å²) < 4.78 is 41.0. The van der Waals surface area contributed by atoms with Gasteiger partial charge in [0.1, 0.15) is 12.2 Å². The molecule has 1 rings (SSSR count). The van der Waals surface area contributed by atoms with Crippen molar-refractivity contribution < 1.29 is 22.7 Å². The van der Waals surface area contributed by atoms with Gasteiger partial charge >= 0.3 is 6.18 Å². The van der Waals surface area contributed by atoms with Crippen molar-refractivity contribution in [3.8, 4) is 5.75 Å². The minimum Gasteiger partial charge on any atom is -0.497 e. The second-order valence-corrected chi connectivity index (χ2v) is 3.40. The van der Waals surface area contributed by atoms with Gasteiger partial charge in [0.2, 0.25) is 0 Å². The summed E-state index contributed by atoms with van der Waals surface area (Å²) in [6.45, 7) is 1.58. The van der Waals surface area contributed by atoms with Gasteiger partial charge in [0, 0.05) is 5.56 Å². The van der Waals surface area contributed by atoms with Gasteiger partial charge in [-0.3, -0.25) is 4.79 Å². The summed E-state index contributed by atoms with van der Waals surface area (Å²) in [5, 5.41) is 0. The molecule has 0 aromatic heterocycles. The van der Waals surface area contributed by atoms with E-state index in [0.717, 1.165) is 0 Å². The molecule has 0 aliphatic heterocycles. The SMILES string of the molecule is COc1ccc(C(=O)CC(F)(F)F)c(C)c1. The first-order chi connectivity index (χ1) is 7.33. The highest BCUT2D eigenvalue weighted by molar-refractivity contribution is 5.97. The standard InChI is InChI=1S/C11H11F3O2/c1-7-5-8(16-2)3-4-9(7)10(15)6-11(12,13)14/h3-5H,6H2,1-2H3. The third-order valence-corrected chi connectivity index (χ3v) is 2.09. The molecule has 0 spiro atoms. The van der Waals surface area contributed by atoms with Crippen LogP contribution in [0.4, 0.5) is 13.2 Å². The van der Waals surface area contributed by atoms with E-state index in [0.29, 0.717) is 11.3 Å². The van der Waals surface area contributed by atoms with Crippen molar-refractivity contribution in [3.63, 3.8) is 0 Å². The van der Waals surface area contributed by atoms with Crippen LogP contribution in [-0.4, -0.2) is 19.1 Å². The van der Waals surface area contributed by atoms with Crippen molar-refractivity contribution in [3.05, 3.63) is 29.3 Å². The van der Waals surface area contributed by atoms with Gasteiger partial charge in [-0.2, -0.15) is 13.2 Å². The molecule has 0 radical (unpaired) electrons. The van der Waals surface area contributed by atoms with Crippen LogP contribution in [0.1, 0.15) is 22.3 Å². The van der Waals surface area contributed by atoms with Crippen LogP contribution in [0.15, 0.2) is 18.2 Å².